The summed E-state index contributed by atoms with van der Waals surface area (Å²) in [6, 6.07) is 17.9. The molecule has 0 aliphatic carbocycles. The van der Waals surface area contributed by atoms with E-state index >= 15 is 0 Å². The molecule has 26 heavy (non-hydrogen) atoms. The van der Waals surface area contributed by atoms with E-state index in [-0.39, 0.29) is 5.91 Å². The molecular weight excluding hydrogens is 328 g/mol. The SMILES string of the molecule is COCC1(C(=O)NCc2ccc(OCc3ccccc3)cc2)CCNC1. The van der Waals surface area contributed by atoms with Gasteiger partial charge in [-0.25, -0.2) is 0 Å². The third-order valence-corrected chi connectivity index (χ3v) is 4.77. The summed E-state index contributed by atoms with van der Waals surface area (Å²) in [6.45, 7) is 3.01. The Morgan fingerprint density at radius 3 is 2.54 bits per heavy atom. The van der Waals surface area contributed by atoms with Crippen LogP contribution in [0.5, 0.6) is 5.75 Å². The summed E-state index contributed by atoms with van der Waals surface area (Å²) >= 11 is 0. The third kappa shape index (κ3) is 4.62. The van der Waals surface area contributed by atoms with Crippen LogP contribution in [0.25, 0.3) is 0 Å². The van der Waals surface area contributed by atoms with Crippen molar-refractivity contribution >= 4 is 5.91 Å². The topological polar surface area (TPSA) is 59.6 Å². The van der Waals surface area contributed by atoms with E-state index in [1.807, 2.05) is 54.6 Å². The van der Waals surface area contributed by atoms with E-state index in [0.717, 1.165) is 29.8 Å². The highest BCUT2D eigenvalue weighted by atomic mass is 16.5. The molecule has 2 aromatic rings. The van der Waals surface area contributed by atoms with Crippen LogP contribution in [-0.4, -0.2) is 32.7 Å². The molecule has 0 saturated carbocycles. The number of methoxy groups -OCH3 is 1. The molecule has 0 radical (unpaired) electrons. The summed E-state index contributed by atoms with van der Waals surface area (Å²) in [5.41, 5.74) is 1.73. The lowest BCUT2D eigenvalue weighted by Gasteiger charge is -2.26. The second-order valence-corrected chi connectivity index (χ2v) is 6.74. The normalized spacial score (nSPS) is 19.3. The van der Waals surface area contributed by atoms with Crippen LogP contribution < -0.4 is 15.4 Å². The van der Waals surface area contributed by atoms with Gasteiger partial charge in [0, 0.05) is 20.2 Å². The van der Waals surface area contributed by atoms with E-state index in [4.69, 9.17) is 9.47 Å². The molecule has 0 bridgehead atoms. The van der Waals surface area contributed by atoms with Crippen molar-refractivity contribution in [2.75, 3.05) is 26.8 Å². The number of carbonyl (C=O) groups is 1. The fourth-order valence-corrected chi connectivity index (χ4v) is 3.22. The molecule has 3 rings (SSSR count). The maximum Gasteiger partial charge on any atom is 0.230 e. The van der Waals surface area contributed by atoms with E-state index in [0.29, 0.717) is 26.3 Å². The van der Waals surface area contributed by atoms with Crippen molar-refractivity contribution in [3.63, 3.8) is 0 Å². The smallest absolute Gasteiger partial charge is 0.230 e. The molecule has 2 aromatic carbocycles. The molecule has 5 nitrogen and oxygen atoms in total. The minimum absolute atomic E-state index is 0.0498. The van der Waals surface area contributed by atoms with Crippen molar-refractivity contribution in [1.82, 2.24) is 10.6 Å². The summed E-state index contributed by atoms with van der Waals surface area (Å²) in [5.74, 6) is 0.869. The lowest BCUT2D eigenvalue weighted by Crippen LogP contribution is -2.45. The average Bonchev–Trinajstić information content (AvgIpc) is 3.16. The van der Waals surface area contributed by atoms with Crippen LogP contribution in [0, 0.1) is 5.41 Å². The van der Waals surface area contributed by atoms with Crippen molar-refractivity contribution in [2.45, 2.75) is 19.6 Å². The number of hydrogen-bond acceptors (Lipinski definition) is 4. The zero-order valence-corrected chi connectivity index (χ0v) is 15.2. The molecular formula is C21H26N2O3. The van der Waals surface area contributed by atoms with Gasteiger partial charge in [0.15, 0.2) is 0 Å². The van der Waals surface area contributed by atoms with Gasteiger partial charge in [0.05, 0.1) is 12.0 Å². The first-order valence-electron chi connectivity index (χ1n) is 8.95. The summed E-state index contributed by atoms with van der Waals surface area (Å²) in [7, 11) is 1.64. The molecule has 0 spiro atoms. The lowest BCUT2D eigenvalue weighted by atomic mass is 9.87. The van der Waals surface area contributed by atoms with Gasteiger partial charge in [0.2, 0.25) is 5.91 Å². The molecule has 1 saturated heterocycles. The van der Waals surface area contributed by atoms with Crippen LogP contribution in [0.1, 0.15) is 17.5 Å². The fourth-order valence-electron chi connectivity index (χ4n) is 3.22. The molecule has 0 aromatic heterocycles. The Morgan fingerprint density at radius 1 is 1.12 bits per heavy atom. The Balaban J connectivity index is 1.50. The quantitative estimate of drug-likeness (QED) is 0.765. The van der Waals surface area contributed by atoms with Gasteiger partial charge in [-0.2, -0.15) is 0 Å². The van der Waals surface area contributed by atoms with Crippen LogP contribution in [-0.2, 0) is 22.7 Å². The minimum atomic E-state index is -0.451. The van der Waals surface area contributed by atoms with Crippen molar-refractivity contribution in [2.24, 2.45) is 5.41 Å². The Labute approximate surface area is 154 Å². The molecule has 138 valence electrons. The predicted molar refractivity (Wildman–Crippen MR) is 101 cm³/mol. The summed E-state index contributed by atoms with van der Waals surface area (Å²) in [4.78, 5) is 12.6. The first kappa shape index (κ1) is 18.4. The van der Waals surface area contributed by atoms with E-state index in [2.05, 4.69) is 10.6 Å². The Kier molecular flexibility index (Phi) is 6.26. The Bertz CT molecular complexity index is 695. The zero-order valence-electron chi connectivity index (χ0n) is 15.2. The lowest BCUT2D eigenvalue weighted by molar-refractivity contribution is -0.133. The highest BCUT2D eigenvalue weighted by Gasteiger charge is 2.41. The third-order valence-electron chi connectivity index (χ3n) is 4.77. The van der Waals surface area contributed by atoms with Gasteiger partial charge in [-0.15, -0.1) is 0 Å². The fraction of sp³-hybridized carbons (Fsp3) is 0.381. The Morgan fingerprint density at radius 2 is 1.88 bits per heavy atom. The van der Waals surface area contributed by atoms with E-state index in [9.17, 15) is 4.79 Å². The van der Waals surface area contributed by atoms with Gasteiger partial charge in [-0.05, 0) is 36.2 Å². The molecule has 1 atom stereocenters. The number of nitrogens with one attached hydrogen (secondary N) is 2. The van der Waals surface area contributed by atoms with Gasteiger partial charge >= 0.3 is 0 Å². The van der Waals surface area contributed by atoms with Crippen LogP contribution in [0.4, 0.5) is 0 Å². The van der Waals surface area contributed by atoms with Gasteiger partial charge in [-0.3, -0.25) is 4.79 Å². The number of hydrogen-bond donors (Lipinski definition) is 2. The summed E-state index contributed by atoms with van der Waals surface area (Å²) in [6.07, 6.45) is 0.805. The van der Waals surface area contributed by atoms with Crippen LogP contribution >= 0.6 is 0 Å². The number of rotatable bonds is 8. The summed E-state index contributed by atoms with van der Waals surface area (Å²) < 4.78 is 11.1. The second-order valence-electron chi connectivity index (χ2n) is 6.74. The number of benzene rings is 2. The number of amides is 1. The monoisotopic (exact) mass is 354 g/mol. The van der Waals surface area contributed by atoms with Crippen molar-refractivity contribution in [3.05, 3.63) is 65.7 Å². The van der Waals surface area contributed by atoms with Gasteiger partial charge in [-0.1, -0.05) is 42.5 Å². The molecule has 1 aliphatic heterocycles. The molecule has 1 heterocycles. The van der Waals surface area contributed by atoms with Crippen molar-refractivity contribution in [3.8, 4) is 5.75 Å². The molecule has 1 fully saturated rings. The molecule has 1 unspecified atom stereocenters. The standard InChI is InChI=1S/C21H26N2O3/c1-25-16-21(11-12-22-15-21)20(24)23-13-17-7-9-19(10-8-17)26-14-18-5-3-2-4-6-18/h2-10,22H,11-16H2,1H3,(H,23,24). The first-order valence-corrected chi connectivity index (χ1v) is 8.95. The van der Waals surface area contributed by atoms with E-state index < -0.39 is 5.41 Å². The summed E-state index contributed by atoms with van der Waals surface area (Å²) in [5, 5.41) is 6.30. The number of ether oxygens (including phenoxy) is 2. The van der Waals surface area contributed by atoms with Crippen molar-refractivity contribution in [1.29, 1.82) is 0 Å². The molecule has 1 aliphatic rings. The molecule has 5 heteroatoms. The van der Waals surface area contributed by atoms with Crippen LogP contribution in [0.3, 0.4) is 0 Å². The first-order chi connectivity index (χ1) is 12.7. The second kappa shape index (κ2) is 8.83. The maximum atomic E-state index is 12.6. The predicted octanol–water partition coefficient (Wildman–Crippen LogP) is 2.51. The van der Waals surface area contributed by atoms with Crippen LogP contribution in [0.15, 0.2) is 54.6 Å². The van der Waals surface area contributed by atoms with Gasteiger partial charge < -0.3 is 20.1 Å². The highest BCUT2D eigenvalue weighted by Crippen LogP contribution is 2.26. The van der Waals surface area contributed by atoms with Crippen molar-refractivity contribution < 1.29 is 14.3 Å². The van der Waals surface area contributed by atoms with Gasteiger partial charge in [0.25, 0.3) is 0 Å². The van der Waals surface area contributed by atoms with Gasteiger partial charge in [0.1, 0.15) is 12.4 Å². The van der Waals surface area contributed by atoms with E-state index in [1.165, 1.54) is 0 Å². The maximum absolute atomic E-state index is 12.6. The zero-order chi connectivity index (χ0) is 18.2. The number of carbonyl (C=O) groups excluding carboxylic acids is 1. The van der Waals surface area contributed by atoms with Crippen LogP contribution in [0.2, 0.25) is 0 Å². The van der Waals surface area contributed by atoms with E-state index in [1.54, 1.807) is 7.11 Å². The average molecular weight is 354 g/mol. The highest BCUT2D eigenvalue weighted by molar-refractivity contribution is 5.83. The Hall–Kier alpha value is -2.37. The molecule has 1 amide bonds. The largest absolute Gasteiger partial charge is 0.489 e. The molecule has 2 N–H and O–H groups in total. The minimum Gasteiger partial charge on any atom is -0.489 e.